The van der Waals surface area contributed by atoms with E-state index >= 15 is 0 Å². The fourth-order valence-electron chi connectivity index (χ4n) is 3.59. The molecule has 6 heteroatoms. The number of para-hydroxylation sites is 1. The fraction of sp³-hybridized carbons (Fsp3) is 0.370. The molecular formula is C27H34N4O2. The molecule has 1 heterocycles. The summed E-state index contributed by atoms with van der Waals surface area (Å²) in [5.74, 6) is 0.192. The second kappa shape index (κ2) is 10.5. The van der Waals surface area contributed by atoms with Gasteiger partial charge in [0.25, 0.3) is 0 Å². The van der Waals surface area contributed by atoms with Crippen LogP contribution < -0.4 is 10.6 Å². The number of amides is 2. The molecule has 0 aliphatic rings. The van der Waals surface area contributed by atoms with Crippen LogP contribution in [-0.2, 0) is 21.4 Å². The monoisotopic (exact) mass is 446 g/mol. The van der Waals surface area contributed by atoms with Crippen molar-refractivity contribution in [3.63, 3.8) is 0 Å². The quantitative estimate of drug-likeness (QED) is 0.514. The van der Waals surface area contributed by atoms with Crippen LogP contribution in [0.15, 0.2) is 60.7 Å². The number of anilines is 1. The highest BCUT2D eigenvalue weighted by Gasteiger charge is 2.25. The number of rotatable bonds is 8. The van der Waals surface area contributed by atoms with E-state index in [1.165, 1.54) is 0 Å². The number of hydrogen-bond acceptors (Lipinski definition) is 3. The molecule has 174 valence electrons. The maximum Gasteiger partial charge on any atom is 0.248 e. The molecule has 0 saturated heterocycles. The molecule has 0 radical (unpaired) electrons. The minimum Gasteiger partial charge on any atom is -0.344 e. The Kier molecular flexibility index (Phi) is 7.69. The molecule has 1 aromatic heterocycles. The molecule has 0 fully saturated rings. The molecule has 3 aromatic rings. The first-order valence-corrected chi connectivity index (χ1v) is 11.5. The first kappa shape index (κ1) is 24.2. The molecule has 6 nitrogen and oxygen atoms in total. The summed E-state index contributed by atoms with van der Waals surface area (Å²) in [5, 5.41) is 10.8. The third-order valence-corrected chi connectivity index (χ3v) is 5.48. The van der Waals surface area contributed by atoms with Gasteiger partial charge in [0.2, 0.25) is 11.8 Å². The number of hydrogen-bond donors (Lipinski definition) is 2. The topological polar surface area (TPSA) is 76.0 Å². The largest absolute Gasteiger partial charge is 0.344 e. The lowest BCUT2D eigenvalue weighted by Gasteiger charge is -2.19. The molecule has 2 N–H and O–H groups in total. The normalized spacial score (nSPS) is 12.3. The second-order valence-electron chi connectivity index (χ2n) is 9.41. The van der Waals surface area contributed by atoms with E-state index < -0.39 is 6.04 Å². The lowest BCUT2D eigenvalue weighted by atomic mass is 9.92. The average molecular weight is 447 g/mol. The molecule has 2 aromatic carbocycles. The SMILES string of the molecule is CCCC(=O)NC(Cc1ccccc1)C(=O)Nc1cc(C(C)(C)C)nn1-c1ccccc1C. The summed E-state index contributed by atoms with van der Waals surface area (Å²) < 4.78 is 1.78. The molecular weight excluding hydrogens is 412 g/mol. The van der Waals surface area contributed by atoms with E-state index in [0.717, 1.165) is 28.9 Å². The highest BCUT2D eigenvalue weighted by molar-refractivity contribution is 5.97. The van der Waals surface area contributed by atoms with Crippen molar-refractivity contribution >= 4 is 17.6 Å². The molecule has 3 rings (SSSR count). The van der Waals surface area contributed by atoms with E-state index in [1.54, 1.807) is 4.68 Å². The molecule has 0 spiro atoms. The van der Waals surface area contributed by atoms with Gasteiger partial charge in [0, 0.05) is 24.3 Å². The molecule has 1 atom stereocenters. The van der Waals surface area contributed by atoms with E-state index in [1.807, 2.05) is 74.5 Å². The molecule has 2 amide bonds. The van der Waals surface area contributed by atoms with Crippen LogP contribution in [-0.4, -0.2) is 27.6 Å². The van der Waals surface area contributed by atoms with Gasteiger partial charge in [-0.05, 0) is 30.5 Å². The predicted octanol–water partition coefficient (Wildman–Crippen LogP) is 4.94. The van der Waals surface area contributed by atoms with Gasteiger partial charge in [-0.15, -0.1) is 0 Å². The van der Waals surface area contributed by atoms with Crippen molar-refractivity contribution in [2.24, 2.45) is 0 Å². The summed E-state index contributed by atoms with van der Waals surface area (Å²) in [6.45, 7) is 10.2. The van der Waals surface area contributed by atoms with Gasteiger partial charge in [-0.3, -0.25) is 9.59 Å². The van der Waals surface area contributed by atoms with Crippen LogP contribution in [0.5, 0.6) is 0 Å². The van der Waals surface area contributed by atoms with E-state index in [0.29, 0.717) is 18.7 Å². The lowest BCUT2D eigenvalue weighted by Crippen LogP contribution is -2.45. The maximum atomic E-state index is 13.4. The molecule has 1 unspecified atom stereocenters. The Morgan fingerprint density at radius 2 is 1.70 bits per heavy atom. The molecule has 0 bridgehead atoms. The van der Waals surface area contributed by atoms with E-state index in [4.69, 9.17) is 5.10 Å². The van der Waals surface area contributed by atoms with Crippen LogP contribution in [0, 0.1) is 6.92 Å². The van der Waals surface area contributed by atoms with E-state index in [2.05, 4.69) is 31.4 Å². The Balaban J connectivity index is 1.94. The van der Waals surface area contributed by atoms with Gasteiger partial charge in [-0.2, -0.15) is 5.10 Å². The average Bonchev–Trinajstić information content (AvgIpc) is 3.18. The maximum absolute atomic E-state index is 13.4. The van der Waals surface area contributed by atoms with Crippen molar-refractivity contribution in [1.82, 2.24) is 15.1 Å². The first-order valence-electron chi connectivity index (χ1n) is 11.5. The number of nitrogens with one attached hydrogen (secondary N) is 2. The number of carbonyl (C=O) groups is 2. The number of nitrogens with zero attached hydrogens (tertiary/aromatic N) is 2. The number of benzene rings is 2. The molecule has 33 heavy (non-hydrogen) atoms. The lowest BCUT2D eigenvalue weighted by molar-refractivity contribution is -0.126. The van der Waals surface area contributed by atoms with Crippen molar-refractivity contribution in [2.45, 2.75) is 65.3 Å². The van der Waals surface area contributed by atoms with Gasteiger partial charge >= 0.3 is 0 Å². The van der Waals surface area contributed by atoms with E-state index in [9.17, 15) is 9.59 Å². The summed E-state index contributed by atoms with van der Waals surface area (Å²) in [7, 11) is 0. The van der Waals surface area contributed by atoms with Crippen LogP contribution in [0.1, 0.15) is 57.4 Å². The smallest absolute Gasteiger partial charge is 0.248 e. The van der Waals surface area contributed by atoms with E-state index in [-0.39, 0.29) is 17.2 Å². The van der Waals surface area contributed by atoms with Crippen molar-refractivity contribution in [1.29, 1.82) is 0 Å². The summed E-state index contributed by atoms with van der Waals surface area (Å²) in [5.41, 5.74) is 3.62. The van der Waals surface area contributed by atoms with Gasteiger partial charge in [0.1, 0.15) is 11.9 Å². The van der Waals surface area contributed by atoms with Crippen LogP contribution in [0.2, 0.25) is 0 Å². The van der Waals surface area contributed by atoms with Crippen molar-refractivity contribution in [3.8, 4) is 5.69 Å². The second-order valence-corrected chi connectivity index (χ2v) is 9.41. The molecule has 0 aliphatic carbocycles. The zero-order valence-corrected chi connectivity index (χ0v) is 20.2. The first-order chi connectivity index (χ1) is 15.7. The fourth-order valence-corrected chi connectivity index (χ4v) is 3.59. The third-order valence-electron chi connectivity index (χ3n) is 5.48. The van der Waals surface area contributed by atoms with Gasteiger partial charge in [-0.1, -0.05) is 76.2 Å². The Labute approximate surface area is 196 Å². The van der Waals surface area contributed by atoms with Gasteiger partial charge < -0.3 is 10.6 Å². The Morgan fingerprint density at radius 1 is 1.03 bits per heavy atom. The standard InChI is InChI=1S/C27H34N4O2/c1-6-12-25(32)28-21(17-20-14-8-7-9-15-20)26(33)29-24-18-23(27(3,4)5)30-31(24)22-16-11-10-13-19(22)2/h7-11,13-16,18,21H,6,12,17H2,1-5H3,(H,28,32)(H,29,33). The van der Waals surface area contributed by atoms with Gasteiger partial charge in [0.05, 0.1) is 11.4 Å². The molecule has 0 aliphatic heterocycles. The van der Waals surface area contributed by atoms with Crippen LogP contribution in [0.3, 0.4) is 0 Å². The summed E-state index contributed by atoms with van der Waals surface area (Å²) in [6, 6.07) is 18.9. The van der Waals surface area contributed by atoms with Crippen molar-refractivity contribution in [3.05, 3.63) is 77.5 Å². The highest BCUT2D eigenvalue weighted by atomic mass is 16.2. The minimum atomic E-state index is -0.690. The Morgan fingerprint density at radius 3 is 2.33 bits per heavy atom. The van der Waals surface area contributed by atoms with Gasteiger partial charge in [0.15, 0.2) is 0 Å². The summed E-state index contributed by atoms with van der Waals surface area (Å²) >= 11 is 0. The number of aromatic nitrogens is 2. The summed E-state index contributed by atoms with van der Waals surface area (Å²) in [6.07, 6.45) is 1.52. The zero-order valence-electron chi connectivity index (χ0n) is 20.2. The zero-order chi connectivity index (χ0) is 24.0. The molecule has 0 saturated carbocycles. The van der Waals surface area contributed by atoms with Crippen LogP contribution in [0.25, 0.3) is 5.69 Å². The number of carbonyl (C=O) groups excluding carboxylic acids is 2. The van der Waals surface area contributed by atoms with Crippen molar-refractivity contribution in [2.75, 3.05) is 5.32 Å². The highest BCUT2D eigenvalue weighted by Crippen LogP contribution is 2.27. The van der Waals surface area contributed by atoms with Crippen LogP contribution in [0.4, 0.5) is 5.82 Å². The number of aryl methyl sites for hydroxylation is 1. The Hall–Kier alpha value is -3.41. The predicted molar refractivity (Wildman–Crippen MR) is 133 cm³/mol. The van der Waals surface area contributed by atoms with Crippen molar-refractivity contribution < 1.29 is 9.59 Å². The van der Waals surface area contributed by atoms with Crippen LogP contribution >= 0.6 is 0 Å². The third kappa shape index (κ3) is 6.31. The summed E-state index contributed by atoms with van der Waals surface area (Å²) in [4.78, 5) is 25.8. The van der Waals surface area contributed by atoms with Gasteiger partial charge in [-0.25, -0.2) is 4.68 Å². The Bertz CT molecular complexity index is 1100. The minimum absolute atomic E-state index is 0.128.